The molecule has 2 atom stereocenters. The third-order valence-corrected chi connectivity index (χ3v) is 12.6. The zero-order chi connectivity index (χ0) is 47.1. The highest BCUT2D eigenvalue weighted by Crippen LogP contribution is 2.38. The highest BCUT2D eigenvalue weighted by Gasteiger charge is 2.21. The van der Waals surface area contributed by atoms with Crippen LogP contribution in [0.3, 0.4) is 0 Å². The number of hydrogen-bond acceptors (Lipinski definition) is 8. The summed E-state index contributed by atoms with van der Waals surface area (Å²) >= 11 is 0. The highest BCUT2D eigenvalue weighted by atomic mass is 31.2. The SMILES string of the molecule is CCCCC/C=C/C/C=C/CCCCCCCCCC(=O)O[C@@H](COC(=O)CCC/C=C/CCCCCCCCCCCCCCCCCCCC)COP(=O)([O-])OCC[N+](C)(C)C. The van der Waals surface area contributed by atoms with Gasteiger partial charge in [0.05, 0.1) is 27.7 Å². The number of esters is 2. The fourth-order valence-electron chi connectivity index (χ4n) is 7.46. The monoisotopic (exact) mass is 924 g/mol. The summed E-state index contributed by atoms with van der Waals surface area (Å²) in [7, 11) is 1.15. The lowest BCUT2D eigenvalue weighted by molar-refractivity contribution is -0.870. The van der Waals surface area contributed by atoms with Crippen LogP contribution in [0.25, 0.3) is 0 Å². The predicted octanol–water partition coefficient (Wildman–Crippen LogP) is 15.4. The Morgan fingerprint density at radius 3 is 1.33 bits per heavy atom. The van der Waals surface area contributed by atoms with Crippen molar-refractivity contribution in [2.45, 2.75) is 251 Å². The number of rotatable bonds is 49. The van der Waals surface area contributed by atoms with Crippen molar-refractivity contribution in [2.24, 2.45) is 0 Å². The molecule has 0 aliphatic heterocycles. The van der Waals surface area contributed by atoms with Gasteiger partial charge in [-0.2, -0.15) is 0 Å². The van der Waals surface area contributed by atoms with E-state index in [1.165, 1.54) is 161 Å². The molecule has 0 amide bonds. The molecule has 0 N–H and O–H groups in total. The summed E-state index contributed by atoms with van der Waals surface area (Å²) in [5.74, 6) is -0.873. The summed E-state index contributed by atoms with van der Waals surface area (Å²) in [5.41, 5.74) is 0. The Bertz CT molecular complexity index is 1180. The molecule has 0 aromatic heterocycles. The van der Waals surface area contributed by atoms with E-state index in [-0.39, 0.29) is 26.1 Å². The number of carbonyl (C=O) groups is 2. The first-order chi connectivity index (χ1) is 31.0. The maximum absolute atomic E-state index is 12.7. The van der Waals surface area contributed by atoms with Gasteiger partial charge in [-0.05, 0) is 64.2 Å². The third kappa shape index (κ3) is 49.7. The molecule has 0 bridgehead atoms. The molecule has 1 unspecified atom stereocenters. The lowest BCUT2D eigenvalue weighted by atomic mass is 10.0. The minimum Gasteiger partial charge on any atom is -0.756 e. The normalized spacial score (nSPS) is 13.7. The molecule has 0 saturated heterocycles. The summed E-state index contributed by atoms with van der Waals surface area (Å²) in [6.07, 6.45) is 54.8. The molecule has 0 aromatic rings. The Balaban J connectivity index is 4.23. The topological polar surface area (TPSA) is 111 Å². The van der Waals surface area contributed by atoms with Gasteiger partial charge in [-0.15, -0.1) is 0 Å². The number of phosphoric ester groups is 1. The average Bonchev–Trinajstić information content (AvgIpc) is 3.25. The van der Waals surface area contributed by atoms with Crippen LogP contribution in [-0.2, 0) is 32.7 Å². The van der Waals surface area contributed by atoms with E-state index < -0.39 is 32.5 Å². The molecule has 0 aromatic carbocycles. The van der Waals surface area contributed by atoms with Gasteiger partial charge in [0.1, 0.15) is 19.8 Å². The van der Waals surface area contributed by atoms with E-state index in [4.69, 9.17) is 18.5 Å². The number of likely N-dealkylation sites (N-methyl/N-ethyl adjacent to an activating group) is 1. The van der Waals surface area contributed by atoms with E-state index in [1.54, 1.807) is 0 Å². The molecule has 0 saturated carbocycles. The van der Waals surface area contributed by atoms with Gasteiger partial charge in [-0.3, -0.25) is 14.2 Å². The Kier molecular flexibility index (Phi) is 45.1. The smallest absolute Gasteiger partial charge is 0.306 e. The second-order valence-corrected chi connectivity index (χ2v) is 20.6. The van der Waals surface area contributed by atoms with Crippen LogP contribution in [0.4, 0.5) is 0 Å². The maximum atomic E-state index is 12.7. The van der Waals surface area contributed by atoms with Crippen molar-refractivity contribution < 1.29 is 42.1 Å². The fraction of sp³-hybridized carbons (Fsp3) is 0.852. The molecule has 376 valence electrons. The number of carbonyl (C=O) groups excluding carboxylic acids is 2. The summed E-state index contributed by atoms with van der Waals surface area (Å²) < 4.78 is 34.0. The average molecular weight is 924 g/mol. The Morgan fingerprint density at radius 2 is 0.859 bits per heavy atom. The number of ether oxygens (including phenoxy) is 2. The van der Waals surface area contributed by atoms with Crippen molar-refractivity contribution in [3.63, 3.8) is 0 Å². The molecular weight excluding hydrogens is 822 g/mol. The summed E-state index contributed by atoms with van der Waals surface area (Å²) in [5, 5.41) is 0. The van der Waals surface area contributed by atoms with Crippen molar-refractivity contribution >= 4 is 19.8 Å². The van der Waals surface area contributed by atoms with Gasteiger partial charge in [-0.25, -0.2) is 0 Å². The molecule has 64 heavy (non-hydrogen) atoms. The van der Waals surface area contributed by atoms with Crippen LogP contribution >= 0.6 is 7.82 Å². The summed E-state index contributed by atoms with van der Waals surface area (Å²) in [6, 6.07) is 0. The number of allylic oxidation sites excluding steroid dienone is 6. The molecule has 0 spiro atoms. The zero-order valence-corrected chi connectivity index (χ0v) is 43.4. The lowest BCUT2D eigenvalue weighted by Crippen LogP contribution is -2.37. The molecule has 9 nitrogen and oxygen atoms in total. The van der Waals surface area contributed by atoms with Crippen LogP contribution in [-0.4, -0.2) is 70.0 Å². The fourth-order valence-corrected chi connectivity index (χ4v) is 8.18. The van der Waals surface area contributed by atoms with Crippen molar-refractivity contribution in [3.8, 4) is 0 Å². The zero-order valence-electron chi connectivity index (χ0n) is 42.5. The number of phosphoric acid groups is 1. The van der Waals surface area contributed by atoms with E-state index in [2.05, 4.69) is 50.3 Å². The minimum atomic E-state index is -4.64. The van der Waals surface area contributed by atoms with Crippen LogP contribution in [0.2, 0.25) is 0 Å². The summed E-state index contributed by atoms with van der Waals surface area (Å²) in [6.45, 7) is 4.20. The van der Waals surface area contributed by atoms with E-state index >= 15 is 0 Å². The molecule has 0 fully saturated rings. The van der Waals surface area contributed by atoms with Gasteiger partial charge in [0.25, 0.3) is 7.82 Å². The largest absolute Gasteiger partial charge is 0.756 e. The van der Waals surface area contributed by atoms with Crippen molar-refractivity contribution in [2.75, 3.05) is 47.5 Å². The van der Waals surface area contributed by atoms with Crippen LogP contribution < -0.4 is 4.89 Å². The van der Waals surface area contributed by atoms with E-state index in [0.29, 0.717) is 23.9 Å². The minimum absolute atomic E-state index is 0.0358. The number of nitrogens with zero attached hydrogens (tertiary/aromatic N) is 1. The molecular formula is C54H102NO8P. The molecule has 0 rings (SSSR count). The first-order valence-corrected chi connectivity index (χ1v) is 28.2. The first kappa shape index (κ1) is 62.2. The Hall–Kier alpha value is -1.77. The number of hydrogen-bond donors (Lipinski definition) is 0. The Morgan fingerprint density at radius 1 is 0.484 bits per heavy atom. The van der Waals surface area contributed by atoms with Gasteiger partial charge in [-0.1, -0.05) is 204 Å². The first-order valence-electron chi connectivity index (χ1n) is 26.7. The van der Waals surface area contributed by atoms with Gasteiger partial charge in [0.2, 0.25) is 0 Å². The summed E-state index contributed by atoms with van der Waals surface area (Å²) in [4.78, 5) is 37.7. The van der Waals surface area contributed by atoms with Crippen LogP contribution in [0.5, 0.6) is 0 Å². The van der Waals surface area contributed by atoms with Crippen molar-refractivity contribution in [1.82, 2.24) is 0 Å². The van der Waals surface area contributed by atoms with Crippen LogP contribution in [0, 0.1) is 0 Å². The van der Waals surface area contributed by atoms with E-state index in [0.717, 1.165) is 44.9 Å². The molecule has 10 heteroatoms. The maximum Gasteiger partial charge on any atom is 0.306 e. The van der Waals surface area contributed by atoms with Gasteiger partial charge in [0.15, 0.2) is 6.10 Å². The van der Waals surface area contributed by atoms with Crippen LogP contribution in [0.15, 0.2) is 36.5 Å². The second kappa shape index (κ2) is 46.3. The molecule has 0 aliphatic rings. The second-order valence-electron chi connectivity index (χ2n) is 19.2. The molecule has 0 radical (unpaired) electrons. The van der Waals surface area contributed by atoms with Gasteiger partial charge >= 0.3 is 11.9 Å². The highest BCUT2D eigenvalue weighted by molar-refractivity contribution is 7.45. The van der Waals surface area contributed by atoms with E-state index in [9.17, 15) is 19.0 Å². The van der Waals surface area contributed by atoms with Gasteiger partial charge < -0.3 is 27.9 Å². The van der Waals surface area contributed by atoms with Crippen LogP contribution in [0.1, 0.15) is 245 Å². The standard InChI is InChI=1S/C54H102NO8P/c1-6-8-10-12-14-16-18-20-22-24-25-26-27-28-29-31-32-34-36-38-40-42-44-46-53(56)60-50-52(51-62-64(58,59)61-49-48-55(3,4)5)63-54(57)47-45-43-41-39-37-35-33-30-23-21-19-17-15-13-11-9-7-2/h15,17,21,23,38,40,52H,6-14,16,18-20,22,24-37,39,41-51H2,1-5H3/b17-15+,23-21+,40-38+/t52-/m0/s1. The lowest BCUT2D eigenvalue weighted by Gasteiger charge is -2.28. The van der Waals surface area contributed by atoms with Gasteiger partial charge in [0, 0.05) is 12.8 Å². The van der Waals surface area contributed by atoms with Crippen molar-refractivity contribution in [3.05, 3.63) is 36.5 Å². The number of unbranched alkanes of at least 4 members (excludes halogenated alkanes) is 29. The van der Waals surface area contributed by atoms with E-state index in [1.807, 2.05) is 21.1 Å². The third-order valence-electron chi connectivity index (χ3n) is 11.6. The number of quaternary nitrogens is 1. The molecule has 0 aliphatic carbocycles. The Labute approximate surface area is 395 Å². The quantitative estimate of drug-likeness (QED) is 0.0195. The van der Waals surface area contributed by atoms with Crippen molar-refractivity contribution in [1.29, 1.82) is 0 Å². The molecule has 0 heterocycles. The predicted molar refractivity (Wildman–Crippen MR) is 268 cm³/mol.